The van der Waals surface area contributed by atoms with E-state index in [0.717, 1.165) is 5.56 Å². The summed E-state index contributed by atoms with van der Waals surface area (Å²) in [6.45, 7) is 1.07. The maximum absolute atomic E-state index is 13.1. The van der Waals surface area contributed by atoms with E-state index < -0.39 is 0 Å². The molecule has 0 aliphatic heterocycles. The van der Waals surface area contributed by atoms with Crippen molar-refractivity contribution < 1.29 is 4.39 Å². The maximum Gasteiger partial charge on any atom is 0.209 e. The van der Waals surface area contributed by atoms with E-state index in [-0.39, 0.29) is 5.82 Å². The van der Waals surface area contributed by atoms with Crippen molar-refractivity contribution in [2.24, 2.45) is 5.73 Å². The number of benzene rings is 1. The number of rotatable bonds is 5. The lowest BCUT2D eigenvalue weighted by Crippen LogP contribution is -2.12. The van der Waals surface area contributed by atoms with Crippen molar-refractivity contribution in [3.05, 3.63) is 34.1 Å². The molecule has 0 atom stereocenters. The number of halogens is 2. The minimum Gasteiger partial charge on any atom is -0.329 e. The number of hydrogen-bond donors (Lipinski definition) is 1. The van der Waals surface area contributed by atoms with E-state index in [1.54, 1.807) is 16.8 Å². The Morgan fingerprint density at radius 1 is 1.44 bits per heavy atom. The summed E-state index contributed by atoms with van der Waals surface area (Å²) in [5, 5.41) is 12.1. The van der Waals surface area contributed by atoms with Gasteiger partial charge < -0.3 is 5.73 Å². The molecule has 0 spiro atoms. The molecule has 0 saturated heterocycles. The third-order valence-electron chi connectivity index (χ3n) is 2.19. The second-order valence-corrected chi connectivity index (χ2v) is 5.31. The molecule has 0 fully saturated rings. The molecule has 2 aromatic rings. The molecule has 18 heavy (non-hydrogen) atoms. The van der Waals surface area contributed by atoms with Crippen LogP contribution in [0.1, 0.15) is 5.56 Å². The molecule has 0 aliphatic carbocycles. The third-order valence-corrected chi connectivity index (χ3v) is 3.83. The van der Waals surface area contributed by atoms with E-state index in [1.807, 2.05) is 0 Å². The van der Waals surface area contributed by atoms with Crippen LogP contribution in [0.2, 0.25) is 0 Å². The van der Waals surface area contributed by atoms with E-state index >= 15 is 0 Å². The van der Waals surface area contributed by atoms with Crippen molar-refractivity contribution in [2.75, 3.05) is 6.54 Å². The molecule has 1 aromatic heterocycles. The molecule has 1 heterocycles. The second-order valence-electron chi connectivity index (χ2n) is 3.51. The quantitative estimate of drug-likeness (QED) is 0.846. The van der Waals surface area contributed by atoms with Gasteiger partial charge in [-0.25, -0.2) is 9.07 Å². The fourth-order valence-electron chi connectivity index (χ4n) is 1.34. The molecular formula is C10H11BrFN5S. The van der Waals surface area contributed by atoms with E-state index in [9.17, 15) is 4.39 Å². The van der Waals surface area contributed by atoms with Crippen molar-refractivity contribution >= 4 is 27.7 Å². The summed E-state index contributed by atoms with van der Waals surface area (Å²) in [5.41, 5.74) is 6.45. The Balaban J connectivity index is 2.02. The minimum absolute atomic E-state index is 0.267. The van der Waals surface area contributed by atoms with Gasteiger partial charge >= 0.3 is 0 Å². The molecule has 96 valence electrons. The normalized spacial score (nSPS) is 10.8. The number of nitrogens with zero attached hydrogens (tertiary/aromatic N) is 4. The highest BCUT2D eigenvalue weighted by Crippen LogP contribution is 2.23. The standard InChI is InChI=1S/C10H11BrFN5S/c11-8-5-7(1-2-9(8)12)6-18-10-14-15-16-17(10)4-3-13/h1-2,5H,3-4,6,13H2. The Bertz CT molecular complexity index is 533. The summed E-state index contributed by atoms with van der Waals surface area (Å²) in [6, 6.07) is 4.92. The lowest BCUT2D eigenvalue weighted by Gasteiger charge is -2.03. The maximum atomic E-state index is 13.1. The van der Waals surface area contributed by atoms with Crippen molar-refractivity contribution in [1.29, 1.82) is 0 Å². The highest BCUT2D eigenvalue weighted by Gasteiger charge is 2.07. The molecule has 5 nitrogen and oxygen atoms in total. The van der Waals surface area contributed by atoms with Gasteiger partial charge in [0.05, 0.1) is 11.0 Å². The molecule has 2 N–H and O–H groups in total. The summed E-state index contributed by atoms with van der Waals surface area (Å²) in [6.07, 6.45) is 0. The zero-order chi connectivity index (χ0) is 13.0. The van der Waals surface area contributed by atoms with Gasteiger partial charge in [-0.3, -0.25) is 0 Å². The van der Waals surface area contributed by atoms with Crippen molar-refractivity contribution in [1.82, 2.24) is 20.2 Å². The first-order chi connectivity index (χ1) is 8.70. The zero-order valence-corrected chi connectivity index (χ0v) is 11.8. The minimum atomic E-state index is -0.267. The molecular weight excluding hydrogens is 321 g/mol. The SMILES string of the molecule is NCCn1nnnc1SCc1ccc(F)c(Br)c1. The van der Waals surface area contributed by atoms with Gasteiger partial charge in [0.15, 0.2) is 0 Å². The number of aromatic nitrogens is 4. The largest absolute Gasteiger partial charge is 0.329 e. The van der Waals surface area contributed by atoms with Crippen LogP contribution in [0.5, 0.6) is 0 Å². The number of tetrazole rings is 1. The Kier molecular flexibility index (Phi) is 4.67. The Morgan fingerprint density at radius 2 is 2.28 bits per heavy atom. The number of hydrogen-bond acceptors (Lipinski definition) is 5. The molecule has 0 unspecified atom stereocenters. The van der Waals surface area contributed by atoms with E-state index in [2.05, 4.69) is 31.5 Å². The second kappa shape index (κ2) is 6.26. The smallest absolute Gasteiger partial charge is 0.209 e. The highest BCUT2D eigenvalue weighted by molar-refractivity contribution is 9.10. The fourth-order valence-corrected chi connectivity index (χ4v) is 2.61. The van der Waals surface area contributed by atoms with Gasteiger partial charge in [-0.05, 0) is 44.1 Å². The van der Waals surface area contributed by atoms with Crippen molar-refractivity contribution in [3.8, 4) is 0 Å². The van der Waals surface area contributed by atoms with Crippen LogP contribution >= 0.6 is 27.7 Å². The van der Waals surface area contributed by atoms with Crippen molar-refractivity contribution in [2.45, 2.75) is 17.5 Å². The van der Waals surface area contributed by atoms with Crippen LogP contribution in [-0.2, 0) is 12.3 Å². The third kappa shape index (κ3) is 3.27. The Labute approximate surface area is 116 Å². The summed E-state index contributed by atoms with van der Waals surface area (Å²) < 4.78 is 15.2. The summed E-state index contributed by atoms with van der Waals surface area (Å²) >= 11 is 4.65. The van der Waals surface area contributed by atoms with Crippen LogP contribution in [0, 0.1) is 5.82 Å². The Hall–Kier alpha value is -0.990. The summed E-state index contributed by atoms with van der Waals surface area (Å²) in [7, 11) is 0. The van der Waals surface area contributed by atoms with Gasteiger partial charge in [0.2, 0.25) is 5.16 Å². The average Bonchev–Trinajstić information content (AvgIpc) is 2.79. The molecule has 0 radical (unpaired) electrons. The fraction of sp³-hybridized carbons (Fsp3) is 0.300. The van der Waals surface area contributed by atoms with Crippen LogP contribution in [0.3, 0.4) is 0 Å². The van der Waals surface area contributed by atoms with E-state index in [4.69, 9.17) is 5.73 Å². The van der Waals surface area contributed by atoms with Crippen molar-refractivity contribution in [3.63, 3.8) is 0 Å². The molecule has 0 amide bonds. The predicted octanol–water partition coefficient (Wildman–Crippen LogP) is 1.83. The molecule has 0 saturated carbocycles. The number of nitrogens with two attached hydrogens (primary N) is 1. The van der Waals surface area contributed by atoms with Gasteiger partial charge in [-0.1, -0.05) is 17.8 Å². The lowest BCUT2D eigenvalue weighted by molar-refractivity contribution is 0.557. The van der Waals surface area contributed by atoms with Gasteiger partial charge in [0, 0.05) is 12.3 Å². The summed E-state index contributed by atoms with van der Waals surface area (Å²) in [5.74, 6) is 0.404. The van der Waals surface area contributed by atoms with Crippen LogP contribution in [0.4, 0.5) is 4.39 Å². The predicted molar refractivity (Wildman–Crippen MR) is 70.5 cm³/mol. The average molecular weight is 332 g/mol. The van der Waals surface area contributed by atoms with E-state index in [0.29, 0.717) is 28.5 Å². The number of thioether (sulfide) groups is 1. The molecule has 8 heteroatoms. The first kappa shape index (κ1) is 13.4. The zero-order valence-electron chi connectivity index (χ0n) is 9.38. The molecule has 2 rings (SSSR count). The Morgan fingerprint density at radius 3 is 3.00 bits per heavy atom. The molecule has 0 bridgehead atoms. The first-order valence-corrected chi connectivity index (χ1v) is 7.01. The highest BCUT2D eigenvalue weighted by atomic mass is 79.9. The van der Waals surface area contributed by atoms with E-state index in [1.165, 1.54) is 17.8 Å². The molecule has 1 aromatic carbocycles. The van der Waals surface area contributed by atoms with Gasteiger partial charge in [-0.2, -0.15) is 0 Å². The van der Waals surface area contributed by atoms with Gasteiger partial charge in [-0.15, -0.1) is 5.10 Å². The summed E-state index contributed by atoms with van der Waals surface area (Å²) in [4.78, 5) is 0. The van der Waals surface area contributed by atoms with Gasteiger partial charge in [0.1, 0.15) is 5.82 Å². The first-order valence-electron chi connectivity index (χ1n) is 5.23. The monoisotopic (exact) mass is 331 g/mol. The molecule has 0 aliphatic rings. The van der Waals surface area contributed by atoms with Crippen LogP contribution in [-0.4, -0.2) is 26.8 Å². The topological polar surface area (TPSA) is 69.6 Å². The van der Waals surface area contributed by atoms with Gasteiger partial charge in [0.25, 0.3) is 0 Å². The van der Waals surface area contributed by atoms with Crippen LogP contribution in [0.15, 0.2) is 27.8 Å². The lowest BCUT2D eigenvalue weighted by atomic mass is 10.2. The van der Waals surface area contributed by atoms with Crippen LogP contribution < -0.4 is 5.73 Å². The van der Waals surface area contributed by atoms with Crippen LogP contribution in [0.25, 0.3) is 0 Å².